The molecule has 1 heterocycles. The smallest absolute Gasteiger partial charge is 0.218 e. The topological polar surface area (TPSA) is 49.8 Å². The molecule has 2 rings (SSSR count). The van der Waals surface area contributed by atoms with Crippen LogP contribution in [0.25, 0.3) is 12.2 Å². The molecule has 90 valence electrons. The molecular weight excluding hydrogens is 255 g/mol. The van der Waals surface area contributed by atoms with Gasteiger partial charge in [0.15, 0.2) is 0 Å². The largest absolute Gasteiger partial charge is 0.445 e. The van der Waals surface area contributed by atoms with Crippen molar-refractivity contribution in [1.82, 2.24) is 4.98 Å². The van der Waals surface area contributed by atoms with E-state index in [9.17, 15) is 4.39 Å². The SMILES string of the molecule is N#Cc1ccc(C=Cc2nc(CCl)co2)c(F)c1. The highest BCUT2D eigenvalue weighted by atomic mass is 35.5. The average Bonchev–Trinajstić information content (AvgIpc) is 2.85. The van der Waals surface area contributed by atoms with Crippen molar-refractivity contribution in [2.75, 3.05) is 0 Å². The Bertz CT molecular complexity index is 628. The number of aromatic nitrogens is 1. The van der Waals surface area contributed by atoms with Crippen LogP contribution in [-0.2, 0) is 5.88 Å². The molecule has 2 aromatic rings. The molecule has 0 N–H and O–H groups in total. The second kappa shape index (κ2) is 5.48. The van der Waals surface area contributed by atoms with Crippen LogP contribution < -0.4 is 0 Å². The minimum absolute atomic E-state index is 0.266. The third-order valence-electron chi connectivity index (χ3n) is 2.24. The van der Waals surface area contributed by atoms with Gasteiger partial charge in [-0.1, -0.05) is 6.07 Å². The van der Waals surface area contributed by atoms with E-state index in [4.69, 9.17) is 21.3 Å². The van der Waals surface area contributed by atoms with Crippen molar-refractivity contribution in [3.8, 4) is 6.07 Å². The fourth-order valence-corrected chi connectivity index (χ4v) is 1.48. The number of halogens is 2. The maximum atomic E-state index is 13.5. The van der Waals surface area contributed by atoms with Gasteiger partial charge in [0.2, 0.25) is 5.89 Å². The van der Waals surface area contributed by atoms with Crippen molar-refractivity contribution in [2.45, 2.75) is 5.88 Å². The standard InChI is InChI=1S/C13H8ClFN2O/c14-6-11-8-18-13(17-11)4-3-10-2-1-9(7-16)5-12(10)15/h1-5,8H,6H2. The van der Waals surface area contributed by atoms with E-state index in [2.05, 4.69) is 4.98 Å². The number of rotatable bonds is 3. The fraction of sp³-hybridized carbons (Fsp3) is 0.0769. The summed E-state index contributed by atoms with van der Waals surface area (Å²) in [5.41, 5.74) is 1.27. The molecule has 0 aliphatic rings. The molecule has 5 heteroatoms. The quantitative estimate of drug-likeness (QED) is 0.794. The minimum Gasteiger partial charge on any atom is -0.445 e. The summed E-state index contributed by atoms with van der Waals surface area (Å²) in [5, 5.41) is 8.62. The van der Waals surface area contributed by atoms with Crippen LogP contribution in [0.3, 0.4) is 0 Å². The molecule has 0 radical (unpaired) electrons. The number of nitriles is 1. The maximum Gasteiger partial charge on any atom is 0.218 e. The van der Waals surface area contributed by atoms with Crippen LogP contribution in [0.15, 0.2) is 28.9 Å². The fourth-order valence-electron chi connectivity index (χ4n) is 1.35. The predicted octanol–water partition coefficient (Wildman–Crippen LogP) is 3.59. The molecule has 0 aliphatic heterocycles. The Balaban J connectivity index is 2.21. The second-order valence-electron chi connectivity index (χ2n) is 3.49. The number of nitrogens with zero attached hydrogens (tertiary/aromatic N) is 2. The molecule has 0 fully saturated rings. The van der Waals surface area contributed by atoms with Crippen molar-refractivity contribution < 1.29 is 8.81 Å². The molecule has 0 amide bonds. The summed E-state index contributed by atoms with van der Waals surface area (Å²) < 4.78 is 18.6. The van der Waals surface area contributed by atoms with Gasteiger partial charge in [-0.2, -0.15) is 5.26 Å². The van der Waals surface area contributed by atoms with Crippen molar-refractivity contribution in [3.05, 3.63) is 53.0 Å². The van der Waals surface area contributed by atoms with Crippen LogP contribution in [0.1, 0.15) is 22.7 Å². The molecular formula is C13H8ClFN2O. The van der Waals surface area contributed by atoms with Gasteiger partial charge in [0, 0.05) is 11.6 Å². The zero-order valence-electron chi connectivity index (χ0n) is 9.23. The third kappa shape index (κ3) is 2.76. The van der Waals surface area contributed by atoms with E-state index in [0.29, 0.717) is 17.1 Å². The lowest BCUT2D eigenvalue weighted by Gasteiger charge is -1.96. The van der Waals surface area contributed by atoms with Gasteiger partial charge in [0.05, 0.1) is 23.2 Å². The van der Waals surface area contributed by atoms with Crippen molar-refractivity contribution >= 4 is 23.8 Å². The van der Waals surface area contributed by atoms with E-state index in [-0.39, 0.29) is 11.4 Å². The van der Waals surface area contributed by atoms with Gasteiger partial charge in [-0.3, -0.25) is 0 Å². The van der Waals surface area contributed by atoms with Gasteiger partial charge in [-0.15, -0.1) is 11.6 Å². The number of hydrogen-bond acceptors (Lipinski definition) is 3. The van der Waals surface area contributed by atoms with Gasteiger partial charge in [-0.25, -0.2) is 9.37 Å². The average molecular weight is 263 g/mol. The molecule has 0 saturated heterocycles. The van der Waals surface area contributed by atoms with Crippen molar-refractivity contribution in [3.63, 3.8) is 0 Å². The molecule has 0 atom stereocenters. The maximum absolute atomic E-state index is 13.5. The third-order valence-corrected chi connectivity index (χ3v) is 2.52. The zero-order chi connectivity index (χ0) is 13.0. The number of hydrogen-bond donors (Lipinski definition) is 0. The highest BCUT2D eigenvalue weighted by Gasteiger charge is 2.02. The van der Waals surface area contributed by atoms with E-state index in [1.807, 2.05) is 6.07 Å². The first kappa shape index (κ1) is 12.3. The lowest BCUT2D eigenvalue weighted by atomic mass is 10.1. The van der Waals surface area contributed by atoms with Gasteiger partial charge in [0.25, 0.3) is 0 Å². The van der Waals surface area contributed by atoms with E-state index in [0.717, 1.165) is 0 Å². The first-order valence-corrected chi connectivity index (χ1v) is 5.64. The Kier molecular flexibility index (Phi) is 3.75. The summed E-state index contributed by atoms with van der Waals surface area (Å²) in [4.78, 5) is 4.05. The molecule has 0 bridgehead atoms. The Morgan fingerprint density at radius 1 is 1.44 bits per heavy atom. The van der Waals surface area contributed by atoms with Crippen LogP contribution in [0.5, 0.6) is 0 Å². The Labute approximate surface area is 108 Å². The number of benzene rings is 1. The molecule has 0 unspecified atom stereocenters. The molecule has 1 aromatic heterocycles. The summed E-state index contributed by atoms with van der Waals surface area (Å²) >= 11 is 5.58. The second-order valence-corrected chi connectivity index (χ2v) is 3.76. The highest BCUT2D eigenvalue weighted by Crippen LogP contribution is 2.14. The summed E-state index contributed by atoms with van der Waals surface area (Å²) in [6.45, 7) is 0. The van der Waals surface area contributed by atoms with E-state index in [1.54, 1.807) is 12.1 Å². The Morgan fingerprint density at radius 2 is 2.28 bits per heavy atom. The lowest BCUT2D eigenvalue weighted by molar-refractivity contribution is 0.546. The minimum atomic E-state index is -0.463. The predicted molar refractivity (Wildman–Crippen MR) is 66.1 cm³/mol. The van der Waals surface area contributed by atoms with E-state index in [1.165, 1.54) is 24.5 Å². The van der Waals surface area contributed by atoms with Crippen LogP contribution in [0, 0.1) is 17.1 Å². The van der Waals surface area contributed by atoms with Crippen molar-refractivity contribution in [2.24, 2.45) is 0 Å². The molecule has 0 saturated carbocycles. The zero-order valence-corrected chi connectivity index (χ0v) is 9.99. The van der Waals surface area contributed by atoms with Gasteiger partial charge in [-0.05, 0) is 18.2 Å². The van der Waals surface area contributed by atoms with Crippen LogP contribution >= 0.6 is 11.6 Å². The van der Waals surface area contributed by atoms with Gasteiger partial charge in [0.1, 0.15) is 12.1 Å². The van der Waals surface area contributed by atoms with Gasteiger partial charge >= 0.3 is 0 Å². The number of oxazole rings is 1. The summed E-state index contributed by atoms with van der Waals surface area (Å²) in [7, 11) is 0. The molecule has 0 spiro atoms. The van der Waals surface area contributed by atoms with Gasteiger partial charge < -0.3 is 4.42 Å². The Hall–Kier alpha value is -2.12. The monoisotopic (exact) mass is 262 g/mol. The molecule has 1 aromatic carbocycles. The van der Waals surface area contributed by atoms with E-state index >= 15 is 0 Å². The normalized spacial score (nSPS) is 10.7. The van der Waals surface area contributed by atoms with Crippen LogP contribution in [0.4, 0.5) is 4.39 Å². The summed E-state index contributed by atoms with van der Waals surface area (Å²) in [6.07, 6.45) is 4.52. The highest BCUT2D eigenvalue weighted by molar-refractivity contribution is 6.16. The number of alkyl halides is 1. The van der Waals surface area contributed by atoms with Crippen LogP contribution in [0.2, 0.25) is 0 Å². The Morgan fingerprint density at radius 3 is 2.89 bits per heavy atom. The molecule has 0 aliphatic carbocycles. The first-order valence-electron chi connectivity index (χ1n) is 5.11. The van der Waals surface area contributed by atoms with E-state index < -0.39 is 5.82 Å². The van der Waals surface area contributed by atoms with Crippen molar-refractivity contribution in [1.29, 1.82) is 5.26 Å². The summed E-state index contributed by atoms with van der Waals surface area (Å²) in [5.74, 6) is 0.159. The molecule has 3 nitrogen and oxygen atoms in total. The molecule has 18 heavy (non-hydrogen) atoms. The summed E-state index contributed by atoms with van der Waals surface area (Å²) in [6, 6.07) is 6.12. The first-order chi connectivity index (χ1) is 8.72. The lowest BCUT2D eigenvalue weighted by Crippen LogP contribution is -1.84. The van der Waals surface area contributed by atoms with Crippen LogP contribution in [-0.4, -0.2) is 4.98 Å².